The maximum absolute atomic E-state index is 12.3. The number of hydrogen-bond donors (Lipinski definition) is 2. The molecule has 0 radical (unpaired) electrons. The number of amides is 1. The van der Waals surface area contributed by atoms with Gasteiger partial charge < -0.3 is 20.3 Å². The molecule has 0 unspecified atom stereocenters. The van der Waals surface area contributed by atoms with Crippen molar-refractivity contribution in [3.63, 3.8) is 0 Å². The van der Waals surface area contributed by atoms with Crippen molar-refractivity contribution in [2.75, 3.05) is 31.1 Å². The number of aliphatic imine (C=N–C) groups is 1. The molecule has 160 valence electrons. The minimum Gasteiger partial charge on any atom is -0.482 e. The Bertz CT molecular complexity index is 1080. The number of nitrogens with zero attached hydrogens (tertiary/aromatic N) is 3. The normalized spacial score (nSPS) is 13.6. The smallest absolute Gasteiger partial charge is 0.265 e. The summed E-state index contributed by atoms with van der Waals surface area (Å²) in [6, 6.07) is 17.8. The van der Waals surface area contributed by atoms with Gasteiger partial charge in [-0.05, 0) is 43.2 Å². The van der Waals surface area contributed by atoms with Gasteiger partial charge in [0.1, 0.15) is 5.75 Å². The van der Waals surface area contributed by atoms with Crippen molar-refractivity contribution in [1.29, 1.82) is 0 Å². The number of anilines is 1. The van der Waals surface area contributed by atoms with Crippen LogP contribution in [0.2, 0.25) is 0 Å². The number of ether oxygens (including phenoxy) is 1. The van der Waals surface area contributed by atoms with Crippen molar-refractivity contribution in [2.45, 2.75) is 19.9 Å². The summed E-state index contributed by atoms with van der Waals surface area (Å²) in [5.41, 5.74) is 2.95. The second kappa shape index (κ2) is 9.93. The average molecular weight is 418 g/mol. The summed E-state index contributed by atoms with van der Waals surface area (Å²) in [7, 11) is 0. The van der Waals surface area contributed by atoms with E-state index in [0.717, 1.165) is 46.8 Å². The molecule has 1 aliphatic heterocycles. The van der Waals surface area contributed by atoms with E-state index in [9.17, 15) is 4.79 Å². The third-order valence-electron chi connectivity index (χ3n) is 5.15. The summed E-state index contributed by atoms with van der Waals surface area (Å²) in [4.78, 5) is 23.2. The van der Waals surface area contributed by atoms with E-state index in [-0.39, 0.29) is 12.5 Å². The molecular formula is C24H27N5O2. The third kappa shape index (κ3) is 4.94. The van der Waals surface area contributed by atoms with Crippen molar-refractivity contribution >= 4 is 28.5 Å². The summed E-state index contributed by atoms with van der Waals surface area (Å²) in [6.07, 6.45) is 2.62. The number of para-hydroxylation sites is 3. The van der Waals surface area contributed by atoms with Gasteiger partial charge in [0.25, 0.3) is 5.91 Å². The van der Waals surface area contributed by atoms with Gasteiger partial charge in [0, 0.05) is 31.2 Å². The van der Waals surface area contributed by atoms with E-state index in [2.05, 4.69) is 21.7 Å². The van der Waals surface area contributed by atoms with Gasteiger partial charge in [-0.15, -0.1) is 0 Å². The Morgan fingerprint density at radius 3 is 2.87 bits per heavy atom. The number of fused-ring (bicyclic) bond motifs is 2. The van der Waals surface area contributed by atoms with E-state index in [4.69, 9.17) is 9.73 Å². The summed E-state index contributed by atoms with van der Waals surface area (Å²) in [5.74, 6) is 1.51. The molecular weight excluding hydrogens is 390 g/mol. The zero-order valence-corrected chi connectivity index (χ0v) is 17.7. The molecule has 31 heavy (non-hydrogen) atoms. The second-order valence-corrected chi connectivity index (χ2v) is 7.26. The summed E-state index contributed by atoms with van der Waals surface area (Å²) < 4.78 is 5.51. The highest BCUT2D eigenvalue weighted by Gasteiger charge is 2.24. The SMILES string of the molecule is CCNC(=NCc1ccnc2ccccc12)NCCCN1C(=O)COc2ccccc21. The Hall–Kier alpha value is -3.61. The first kappa shape index (κ1) is 20.7. The number of aromatic nitrogens is 1. The number of hydrogen-bond acceptors (Lipinski definition) is 4. The lowest BCUT2D eigenvalue weighted by atomic mass is 10.1. The molecule has 2 heterocycles. The molecule has 2 N–H and O–H groups in total. The highest BCUT2D eigenvalue weighted by Crippen LogP contribution is 2.31. The van der Waals surface area contributed by atoms with E-state index >= 15 is 0 Å². The monoisotopic (exact) mass is 417 g/mol. The number of pyridine rings is 1. The van der Waals surface area contributed by atoms with Crippen LogP contribution in [0.4, 0.5) is 5.69 Å². The van der Waals surface area contributed by atoms with Gasteiger partial charge in [-0.1, -0.05) is 30.3 Å². The highest BCUT2D eigenvalue weighted by atomic mass is 16.5. The Kier molecular flexibility index (Phi) is 6.62. The first-order chi connectivity index (χ1) is 15.3. The van der Waals surface area contributed by atoms with Crippen LogP contribution in [-0.2, 0) is 11.3 Å². The van der Waals surface area contributed by atoms with Gasteiger partial charge >= 0.3 is 0 Å². The fraction of sp³-hybridized carbons (Fsp3) is 0.292. The van der Waals surface area contributed by atoms with Gasteiger partial charge in [0.05, 0.1) is 17.7 Å². The Balaban J connectivity index is 1.35. The van der Waals surface area contributed by atoms with Crippen LogP contribution in [-0.4, -0.2) is 43.1 Å². The highest BCUT2D eigenvalue weighted by molar-refractivity contribution is 5.97. The number of benzene rings is 2. The minimum absolute atomic E-state index is 0.0103. The van der Waals surface area contributed by atoms with Crippen molar-refractivity contribution in [3.05, 3.63) is 66.4 Å². The quantitative estimate of drug-likeness (QED) is 0.351. The van der Waals surface area contributed by atoms with E-state index in [1.807, 2.05) is 61.7 Å². The maximum Gasteiger partial charge on any atom is 0.265 e. The van der Waals surface area contributed by atoms with Crippen LogP contribution >= 0.6 is 0 Å². The van der Waals surface area contributed by atoms with Crippen LogP contribution < -0.4 is 20.3 Å². The molecule has 1 aromatic heterocycles. The van der Waals surface area contributed by atoms with Gasteiger partial charge in [0.15, 0.2) is 12.6 Å². The molecule has 0 aliphatic carbocycles. The Labute approximate surface area is 182 Å². The molecule has 0 fully saturated rings. The second-order valence-electron chi connectivity index (χ2n) is 7.26. The molecule has 1 aliphatic rings. The topological polar surface area (TPSA) is 78.9 Å². The van der Waals surface area contributed by atoms with Crippen LogP contribution in [0.25, 0.3) is 10.9 Å². The van der Waals surface area contributed by atoms with Crippen molar-refractivity contribution in [2.24, 2.45) is 4.99 Å². The van der Waals surface area contributed by atoms with Crippen LogP contribution in [0.15, 0.2) is 65.8 Å². The third-order valence-corrected chi connectivity index (χ3v) is 5.15. The Morgan fingerprint density at radius 1 is 1.13 bits per heavy atom. The molecule has 0 saturated carbocycles. The van der Waals surface area contributed by atoms with Gasteiger partial charge in [-0.2, -0.15) is 0 Å². The summed E-state index contributed by atoms with van der Waals surface area (Å²) in [5, 5.41) is 7.78. The van der Waals surface area contributed by atoms with E-state index in [1.165, 1.54) is 0 Å². The number of carbonyl (C=O) groups is 1. The molecule has 0 bridgehead atoms. The van der Waals surface area contributed by atoms with Crippen LogP contribution in [0, 0.1) is 0 Å². The lowest BCUT2D eigenvalue weighted by molar-refractivity contribution is -0.121. The molecule has 4 rings (SSSR count). The van der Waals surface area contributed by atoms with Gasteiger partial charge in [-0.3, -0.25) is 9.78 Å². The van der Waals surface area contributed by atoms with E-state index in [0.29, 0.717) is 19.6 Å². The fourth-order valence-electron chi connectivity index (χ4n) is 3.64. The molecule has 7 heteroatoms. The number of guanidine groups is 1. The largest absolute Gasteiger partial charge is 0.482 e. The van der Waals surface area contributed by atoms with E-state index < -0.39 is 0 Å². The van der Waals surface area contributed by atoms with Gasteiger partial charge in [0.2, 0.25) is 0 Å². The molecule has 3 aromatic rings. The van der Waals surface area contributed by atoms with E-state index in [1.54, 1.807) is 4.90 Å². The average Bonchev–Trinajstić information content (AvgIpc) is 2.81. The number of carbonyl (C=O) groups excluding carboxylic acids is 1. The zero-order valence-electron chi connectivity index (χ0n) is 17.7. The number of rotatable bonds is 7. The lowest BCUT2D eigenvalue weighted by Gasteiger charge is -2.29. The standard InChI is InChI=1S/C24H27N5O2/c1-2-25-24(28-16-18-12-14-26-20-9-4-3-8-19(18)20)27-13-7-15-29-21-10-5-6-11-22(21)31-17-23(29)30/h3-6,8-12,14H,2,7,13,15-17H2,1H3,(H2,25,27,28). The summed E-state index contributed by atoms with van der Waals surface area (Å²) >= 11 is 0. The fourth-order valence-corrected chi connectivity index (χ4v) is 3.64. The molecule has 0 saturated heterocycles. The van der Waals surface area contributed by atoms with Crippen molar-refractivity contribution < 1.29 is 9.53 Å². The first-order valence-corrected chi connectivity index (χ1v) is 10.6. The molecule has 1 amide bonds. The van der Waals surface area contributed by atoms with Crippen LogP contribution in [0.3, 0.4) is 0 Å². The predicted molar refractivity (Wildman–Crippen MR) is 123 cm³/mol. The van der Waals surface area contributed by atoms with Crippen molar-refractivity contribution in [1.82, 2.24) is 15.6 Å². The first-order valence-electron chi connectivity index (χ1n) is 10.6. The van der Waals surface area contributed by atoms with Crippen molar-refractivity contribution in [3.8, 4) is 5.75 Å². The molecule has 2 aromatic carbocycles. The predicted octanol–water partition coefficient (Wildman–Crippen LogP) is 3.11. The van der Waals surface area contributed by atoms with Gasteiger partial charge in [-0.25, -0.2) is 4.99 Å². The number of nitrogens with one attached hydrogen (secondary N) is 2. The molecule has 0 atom stereocenters. The van der Waals surface area contributed by atoms with Crippen LogP contribution in [0.1, 0.15) is 18.9 Å². The molecule has 7 nitrogen and oxygen atoms in total. The molecule has 0 spiro atoms. The summed E-state index contributed by atoms with van der Waals surface area (Å²) in [6.45, 7) is 4.80. The van der Waals surface area contributed by atoms with Crippen LogP contribution in [0.5, 0.6) is 5.75 Å². The zero-order chi connectivity index (χ0) is 21.5. The maximum atomic E-state index is 12.3. The Morgan fingerprint density at radius 2 is 1.97 bits per heavy atom. The minimum atomic E-state index is -0.0103. The lowest BCUT2D eigenvalue weighted by Crippen LogP contribution is -2.42.